The van der Waals surface area contributed by atoms with Crippen LogP contribution in [0.4, 0.5) is 10.1 Å². The Bertz CT molecular complexity index is 1080. The van der Waals surface area contributed by atoms with Crippen molar-refractivity contribution in [2.45, 2.75) is 33.0 Å². The average molecular weight is 469 g/mol. The van der Waals surface area contributed by atoms with Crippen molar-refractivity contribution in [3.8, 4) is 0 Å². The molecule has 8 nitrogen and oxygen atoms in total. The Morgan fingerprint density at radius 1 is 1.12 bits per heavy atom. The van der Waals surface area contributed by atoms with Crippen LogP contribution in [0.1, 0.15) is 40.4 Å². The zero-order valence-electron chi connectivity index (χ0n) is 19.2. The van der Waals surface area contributed by atoms with Crippen molar-refractivity contribution >= 4 is 23.4 Å². The number of nitrogens with one attached hydrogen (secondary N) is 2. The monoisotopic (exact) mass is 468 g/mol. The van der Waals surface area contributed by atoms with E-state index in [1.807, 2.05) is 12.1 Å². The number of nitrogens with zero attached hydrogens (tertiary/aromatic N) is 2. The van der Waals surface area contributed by atoms with Gasteiger partial charge < -0.3 is 15.0 Å². The molecule has 1 saturated heterocycles. The maximum atomic E-state index is 14.8. The fourth-order valence-corrected chi connectivity index (χ4v) is 4.18. The summed E-state index contributed by atoms with van der Waals surface area (Å²) < 4.78 is 20.1. The molecule has 4 rings (SSSR count). The SMILES string of the molecule is CCC(=O)NC(=O)CN1Cc2c(NCc3ccc(CN4CCOCC4)cc3F)cccc2C1=O. The quantitative estimate of drug-likeness (QED) is 0.618. The fourth-order valence-electron chi connectivity index (χ4n) is 4.18. The number of ether oxygens (including phenoxy) is 1. The van der Waals surface area contributed by atoms with Crippen molar-refractivity contribution in [1.82, 2.24) is 15.1 Å². The summed E-state index contributed by atoms with van der Waals surface area (Å²) in [4.78, 5) is 39.9. The van der Waals surface area contributed by atoms with E-state index in [-0.39, 0.29) is 43.7 Å². The first kappa shape index (κ1) is 23.8. The van der Waals surface area contributed by atoms with Gasteiger partial charge >= 0.3 is 0 Å². The molecule has 0 unspecified atom stereocenters. The first-order valence-corrected chi connectivity index (χ1v) is 11.5. The van der Waals surface area contributed by atoms with Crippen LogP contribution >= 0.6 is 0 Å². The number of benzene rings is 2. The van der Waals surface area contributed by atoms with E-state index >= 15 is 0 Å². The molecule has 2 aliphatic rings. The number of anilines is 1. The second kappa shape index (κ2) is 10.8. The minimum absolute atomic E-state index is 0.193. The lowest BCUT2D eigenvalue weighted by Crippen LogP contribution is -2.39. The zero-order valence-corrected chi connectivity index (χ0v) is 19.2. The van der Waals surface area contributed by atoms with E-state index in [2.05, 4.69) is 15.5 Å². The molecule has 2 aromatic carbocycles. The van der Waals surface area contributed by atoms with Gasteiger partial charge in [0.2, 0.25) is 11.8 Å². The number of rotatable bonds is 8. The second-order valence-corrected chi connectivity index (χ2v) is 8.49. The minimum Gasteiger partial charge on any atom is -0.381 e. The number of imide groups is 1. The van der Waals surface area contributed by atoms with E-state index in [9.17, 15) is 18.8 Å². The molecular weight excluding hydrogens is 439 g/mol. The summed E-state index contributed by atoms with van der Waals surface area (Å²) >= 11 is 0. The lowest BCUT2D eigenvalue weighted by molar-refractivity contribution is -0.130. The van der Waals surface area contributed by atoms with Gasteiger partial charge in [0, 0.05) is 61.5 Å². The highest BCUT2D eigenvalue weighted by Gasteiger charge is 2.30. The van der Waals surface area contributed by atoms with E-state index in [0.29, 0.717) is 30.9 Å². The second-order valence-electron chi connectivity index (χ2n) is 8.49. The van der Waals surface area contributed by atoms with Crippen LogP contribution in [0.15, 0.2) is 36.4 Å². The molecule has 0 saturated carbocycles. The van der Waals surface area contributed by atoms with Crippen LogP contribution < -0.4 is 10.6 Å². The molecule has 0 bridgehead atoms. The zero-order chi connectivity index (χ0) is 24.1. The van der Waals surface area contributed by atoms with Gasteiger partial charge in [-0.3, -0.25) is 24.6 Å². The topological polar surface area (TPSA) is 91.0 Å². The average Bonchev–Trinajstić information content (AvgIpc) is 3.14. The van der Waals surface area contributed by atoms with Crippen LogP contribution in [0.5, 0.6) is 0 Å². The third kappa shape index (κ3) is 5.60. The van der Waals surface area contributed by atoms with Gasteiger partial charge in [-0.2, -0.15) is 0 Å². The molecule has 0 atom stereocenters. The number of amides is 3. The molecule has 180 valence electrons. The lowest BCUT2D eigenvalue weighted by atomic mass is 10.1. The maximum absolute atomic E-state index is 14.8. The van der Waals surface area contributed by atoms with Crippen molar-refractivity contribution in [1.29, 1.82) is 0 Å². The normalized spacial score (nSPS) is 15.8. The van der Waals surface area contributed by atoms with Crippen LogP contribution in [0, 0.1) is 5.82 Å². The van der Waals surface area contributed by atoms with E-state index in [1.165, 1.54) is 4.90 Å². The summed E-state index contributed by atoms with van der Waals surface area (Å²) in [6, 6.07) is 10.6. The number of carbonyl (C=O) groups is 3. The predicted molar refractivity (Wildman–Crippen MR) is 124 cm³/mol. The van der Waals surface area contributed by atoms with Crippen molar-refractivity contribution in [3.63, 3.8) is 0 Å². The van der Waals surface area contributed by atoms with Gasteiger partial charge in [0.1, 0.15) is 12.4 Å². The molecule has 9 heteroatoms. The van der Waals surface area contributed by atoms with Gasteiger partial charge in [-0.25, -0.2) is 4.39 Å². The van der Waals surface area contributed by atoms with Crippen LogP contribution in [-0.4, -0.2) is 60.4 Å². The Morgan fingerprint density at radius 3 is 2.65 bits per heavy atom. The molecule has 0 aromatic heterocycles. The Morgan fingerprint density at radius 2 is 1.91 bits per heavy atom. The highest BCUT2D eigenvalue weighted by atomic mass is 19.1. The third-order valence-corrected chi connectivity index (χ3v) is 6.07. The van der Waals surface area contributed by atoms with Gasteiger partial charge in [0.05, 0.1) is 13.2 Å². The number of hydrogen-bond donors (Lipinski definition) is 2. The Kier molecular flexibility index (Phi) is 7.54. The molecule has 3 amide bonds. The van der Waals surface area contributed by atoms with Crippen LogP contribution in [0.2, 0.25) is 0 Å². The highest BCUT2D eigenvalue weighted by molar-refractivity contribution is 6.03. The summed E-state index contributed by atoms with van der Waals surface area (Å²) in [5, 5.41) is 5.50. The smallest absolute Gasteiger partial charge is 0.255 e. The summed E-state index contributed by atoms with van der Waals surface area (Å²) in [7, 11) is 0. The van der Waals surface area contributed by atoms with Gasteiger partial charge in [0.15, 0.2) is 0 Å². The van der Waals surface area contributed by atoms with Gasteiger partial charge in [0.25, 0.3) is 5.91 Å². The Balaban J connectivity index is 1.38. The molecule has 2 aliphatic heterocycles. The maximum Gasteiger partial charge on any atom is 0.255 e. The molecular formula is C25H29FN4O4. The van der Waals surface area contributed by atoms with Crippen molar-refractivity contribution < 1.29 is 23.5 Å². The summed E-state index contributed by atoms with van der Waals surface area (Å²) in [5.41, 5.74) is 3.43. The van der Waals surface area contributed by atoms with E-state index in [1.54, 1.807) is 31.2 Å². The Labute approximate surface area is 198 Å². The number of halogens is 1. The molecule has 34 heavy (non-hydrogen) atoms. The number of hydrogen-bond acceptors (Lipinski definition) is 6. The van der Waals surface area contributed by atoms with E-state index < -0.39 is 5.91 Å². The van der Waals surface area contributed by atoms with Crippen LogP contribution in [0.3, 0.4) is 0 Å². The van der Waals surface area contributed by atoms with E-state index in [0.717, 1.165) is 29.9 Å². The molecule has 2 aromatic rings. The van der Waals surface area contributed by atoms with E-state index in [4.69, 9.17) is 4.74 Å². The largest absolute Gasteiger partial charge is 0.381 e. The number of fused-ring (bicyclic) bond motifs is 1. The molecule has 0 spiro atoms. The summed E-state index contributed by atoms with van der Waals surface area (Å²) in [5.74, 6) is -1.44. The van der Waals surface area contributed by atoms with Crippen molar-refractivity contribution in [3.05, 3.63) is 64.5 Å². The fraction of sp³-hybridized carbons (Fsp3) is 0.400. The van der Waals surface area contributed by atoms with Crippen LogP contribution in [0.25, 0.3) is 0 Å². The molecule has 0 radical (unpaired) electrons. The van der Waals surface area contributed by atoms with Gasteiger partial charge in [-0.15, -0.1) is 0 Å². The predicted octanol–water partition coefficient (Wildman–Crippen LogP) is 2.28. The highest BCUT2D eigenvalue weighted by Crippen LogP contribution is 2.29. The molecule has 2 N–H and O–H groups in total. The Hall–Kier alpha value is -3.30. The standard InChI is InChI=1S/C25H29FN4O4/c1-2-23(31)28-24(32)16-30-15-20-19(25(30)33)4-3-5-22(20)27-13-18-7-6-17(12-21(18)26)14-29-8-10-34-11-9-29/h3-7,12,27H,2,8-11,13-16H2,1H3,(H,28,31,32). The third-order valence-electron chi connectivity index (χ3n) is 6.07. The van der Waals surface area contributed by atoms with Crippen molar-refractivity contribution in [2.75, 3.05) is 38.2 Å². The summed E-state index contributed by atoms with van der Waals surface area (Å²) in [6.07, 6.45) is 0.193. The molecule has 1 fully saturated rings. The van der Waals surface area contributed by atoms with Crippen LogP contribution in [-0.2, 0) is 34.0 Å². The number of morpholine rings is 1. The summed E-state index contributed by atoms with van der Waals surface area (Å²) in [6.45, 7) is 5.74. The van der Waals surface area contributed by atoms with Gasteiger partial charge in [-0.1, -0.05) is 25.1 Å². The molecule has 2 heterocycles. The molecule has 0 aliphatic carbocycles. The number of carbonyl (C=O) groups excluding carboxylic acids is 3. The minimum atomic E-state index is -0.512. The first-order valence-electron chi connectivity index (χ1n) is 11.5. The first-order chi connectivity index (χ1) is 16.4. The van der Waals surface area contributed by atoms with Gasteiger partial charge in [-0.05, 0) is 23.8 Å². The lowest BCUT2D eigenvalue weighted by Gasteiger charge is -2.26. The van der Waals surface area contributed by atoms with Crippen molar-refractivity contribution in [2.24, 2.45) is 0 Å².